The van der Waals surface area contributed by atoms with Crippen LogP contribution in [0.4, 0.5) is 5.82 Å². The molecule has 5 nitrogen and oxygen atoms in total. The number of likely N-dealkylation sites (N-methyl/N-ethyl adjacent to an activating group) is 2. The standard InChI is InChI=1S/C12H19N3O2/c1-3-13-12(17)8-15(4-2)11-6-5-10(9-16)7-14-11/h5-7,16H,3-4,8-9H2,1-2H3,(H,13,17). The van der Waals surface area contributed by atoms with Crippen LogP contribution in [0.5, 0.6) is 0 Å². The molecule has 0 bridgehead atoms. The zero-order chi connectivity index (χ0) is 12.7. The number of anilines is 1. The summed E-state index contributed by atoms with van der Waals surface area (Å²) in [7, 11) is 0. The van der Waals surface area contributed by atoms with Crippen LogP contribution in [0.3, 0.4) is 0 Å². The number of amides is 1. The molecule has 0 aliphatic carbocycles. The van der Waals surface area contributed by atoms with Crippen molar-refractivity contribution in [1.29, 1.82) is 0 Å². The Morgan fingerprint density at radius 3 is 2.71 bits per heavy atom. The summed E-state index contributed by atoms with van der Waals surface area (Å²) in [5.74, 6) is 0.735. The first-order valence-electron chi connectivity index (χ1n) is 5.78. The number of hydrogen-bond donors (Lipinski definition) is 2. The summed E-state index contributed by atoms with van der Waals surface area (Å²) in [5.41, 5.74) is 0.766. The molecule has 0 fully saturated rings. The van der Waals surface area contributed by atoms with Crippen LogP contribution in [0.1, 0.15) is 19.4 Å². The van der Waals surface area contributed by atoms with Gasteiger partial charge in [0.1, 0.15) is 5.82 Å². The number of rotatable bonds is 6. The predicted octanol–water partition coefficient (Wildman–Crippen LogP) is 0.536. The third kappa shape index (κ3) is 4.03. The second-order valence-electron chi connectivity index (χ2n) is 3.65. The fourth-order valence-electron chi connectivity index (χ4n) is 1.48. The number of carbonyl (C=O) groups is 1. The van der Waals surface area contributed by atoms with Crippen molar-refractivity contribution in [3.05, 3.63) is 23.9 Å². The Balaban J connectivity index is 2.68. The van der Waals surface area contributed by atoms with E-state index < -0.39 is 0 Å². The van der Waals surface area contributed by atoms with Gasteiger partial charge in [-0.1, -0.05) is 6.07 Å². The highest BCUT2D eigenvalue weighted by Gasteiger charge is 2.10. The number of nitrogens with zero attached hydrogens (tertiary/aromatic N) is 2. The minimum atomic E-state index is -0.0181. The molecular formula is C12H19N3O2. The van der Waals surface area contributed by atoms with Crippen molar-refractivity contribution in [1.82, 2.24) is 10.3 Å². The lowest BCUT2D eigenvalue weighted by Gasteiger charge is -2.21. The van der Waals surface area contributed by atoms with Gasteiger partial charge in [0, 0.05) is 19.3 Å². The smallest absolute Gasteiger partial charge is 0.239 e. The maximum atomic E-state index is 11.5. The van der Waals surface area contributed by atoms with Gasteiger partial charge in [-0.05, 0) is 25.5 Å². The lowest BCUT2D eigenvalue weighted by atomic mass is 10.3. The van der Waals surface area contributed by atoms with Crippen molar-refractivity contribution in [2.24, 2.45) is 0 Å². The molecule has 1 heterocycles. The normalized spacial score (nSPS) is 10.1. The zero-order valence-corrected chi connectivity index (χ0v) is 10.3. The Kier molecular flexibility index (Phi) is 5.42. The highest BCUT2D eigenvalue weighted by molar-refractivity contribution is 5.80. The average Bonchev–Trinajstić information content (AvgIpc) is 2.36. The van der Waals surface area contributed by atoms with E-state index in [0.29, 0.717) is 19.6 Å². The molecule has 0 aliphatic heterocycles. The molecule has 94 valence electrons. The van der Waals surface area contributed by atoms with Crippen LogP contribution in [-0.2, 0) is 11.4 Å². The second-order valence-corrected chi connectivity index (χ2v) is 3.65. The van der Waals surface area contributed by atoms with E-state index in [9.17, 15) is 4.79 Å². The molecule has 0 spiro atoms. The van der Waals surface area contributed by atoms with Crippen molar-refractivity contribution in [2.45, 2.75) is 20.5 Å². The van der Waals surface area contributed by atoms with Gasteiger partial charge in [0.2, 0.25) is 5.91 Å². The van der Waals surface area contributed by atoms with Gasteiger partial charge in [0.05, 0.1) is 13.2 Å². The van der Waals surface area contributed by atoms with Gasteiger partial charge in [0.15, 0.2) is 0 Å². The van der Waals surface area contributed by atoms with E-state index in [0.717, 1.165) is 11.4 Å². The summed E-state index contributed by atoms with van der Waals surface area (Å²) in [6.07, 6.45) is 1.62. The van der Waals surface area contributed by atoms with Crippen molar-refractivity contribution >= 4 is 11.7 Å². The maximum absolute atomic E-state index is 11.5. The van der Waals surface area contributed by atoms with Gasteiger partial charge < -0.3 is 15.3 Å². The summed E-state index contributed by atoms with van der Waals surface area (Å²) in [5, 5.41) is 11.7. The van der Waals surface area contributed by atoms with E-state index >= 15 is 0 Å². The van der Waals surface area contributed by atoms with Gasteiger partial charge >= 0.3 is 0 Å². The molecule has 1 aromatic heterocycles. The Bertz CT molecular complexity index is 351. The highest BCUT2D eigenvalue weighted by atomic mass is 16.3. The molecule has 0 aromatic carbocycles. The number of hydrogen-bond acceptors (Lipinski definition) is 4. The van der Waals surface area contributed by atoms with Crippen LogP contribution < -0.4 is 10.2 Å². The number of aromatic nitrogens is 1. The fourth-order valence-corrected chi connectivity index (χ4v) is 1.48. The molecular weight excluding hydrogens is 218 g/mol. The first-order valence-corrected chi connectivity index (χ1v) is 5.78. The molecule has 0 radical (unpaired) electrons. The van der Waals surface area contributed by atoms with Gasteiger partial charge in [-0.2, -0.15) is 0 Å². The molecule has 2 N–H and O–H groups in total. The lowest BCUT2D eigenvalue weighted by Crippen LogP contribution is -2.37. The van der Waals surface area contributed by atoms with Gasteiger partial charge in [-0.15, -0.1) is 0 Å². The van der Waals surface area contributed by atoms with Crippen LogP contribution >= 0.6 is 0 Å². The van der Waals surface area contributed by atoms with Crippen LogP contribution in [0.25, 0.3) is 0 Å². The molecule has 17 heavy (non-hydrogen) atoms. The highest BCUT2D eigenvalue weighted by Crippen LogP contribution is 2.10. The second kappa shape index (κ2) is 6.85. The molecule has 1 rings (SSSR count). The van der Waals surface area contributed by atoms with Crippen LogP contribution in [0.15, 0.2) is 18.3 Å². The topological polar surface area (TPSA) is 65.5 Å². The third-order valence-corrected chi connectivity index (χ3v) is 2.41. The number of aliphatic hydroxyl groups excluding tert-OH is 1. The molecule has 0 unspecified atom stereocenters. The molecule has 5 heteroatoms. The quantitative estimate of drug-likeness (QED) is 0.757. The first kappa shape index (κ1) is 13.4. The number of carbonyl (C=O) groups excluding carboxylic acids is 1. The fraction of sp³-hybridized carbons (Fsp3) is 0.500. The van der Waals surface area contributed by atoms with Crippen molar-refractivity contribution < 1.29 is 9.90 Å². The van der Waals surface area contributed by atoms with E-state index in [-0.39, 0.29) is 12.5 Å². The Morgan fingerprint density at radius 1 is 1.47 bits per heavy atom. The zero-order valence-electron chi connectivity index (χ0n) is 10.3. The number of nitrogens with one attached hydrogen (secondary N) is 1. The monoisotopic (exact) mass is 237 g/mol. The number of pyridine rings is 1. The molecule has 1 aromatic rings. The SMILES string of the molecule is CCNC(=O)CN(CC)c1ccc(CO)cn1. The van der Waals surface area contributed by atoms with E-state index in [1.165, 1.54) is 0 Å². The van der Waals surface area contributed by atoms with E-state index in [1.807, 2.05) is 30.9 Å². The van der Waals surface area contributed by atoms with E-state index in [1.54, 1.807) is 6.20 Å². The summed E-state index contributed by atoms with van der Waals surface area (Å²) in [4.78, 5) is 17.6. The van der Waals surface area contributed by atoms with Crippen LogP contribution in [0.2, 0.25) is 0 Å². The lowest BCUT2D eigenvalue weighted by molar-refractivity contribution is -0.119. The van der Waals surface area contributed by atoms with Gasteiger partial charge in [0.25, 0.3) is 0 Å². The largest absolute Gasteiger partial charge is 0.392 e. The van der Waals surface area contributed by atoms with E-state index in [4.69, 9.17) is 5.11 Å². The predicted molar refractivity (Wildman–Crippen MR) is 66.7 cm³/mol. The molecule has 0 aliphatic rings. The molecule has 0 saturated heterocycles. The van der Waals surface area contributed by atoms with Gasteiger partial charge in [-0.3, -0.25) is 4.79 Å². The summed E-state index contributed by atoms with van der Waals surface area (Å²) >= 11 is 0. The summed E-state index contributed by atoms with van der Waals surface area (Å²) in [6, 6.07) is 3.62. The van der Waals surface area contributed by atoms with Crippen LogP contribution in [0, 0.1) is 0 Å². The summed E-state index contributed by atoms with van der Waals surface area (Å²) in [6.45, 7) is 5.49. The van der Waals surface area contributed by atoms with Crippen molar-refractivity contribution in [3.63, 3.8) is 0 Å². The summed E-state index contributed by atoms with van der Waals surface area (Å²) < 4.78 is 0. The first-order chi connectivity index (χ1) is 8.21. The minimum absolute atomic E-state index is 0.0117. The Hall–Kier alpha value is -1.62. The van der Waals surface area contributed by atoms with Gasteiger partial charge in [-0.25, -0.2) is 4.98 Å². The Morgan fingerprint density at radius 2 is 2.24 bits per heavy atom. The maximum Gasteiger partial charge on any atom is 0.239 e. The Labute approximate surface area is 101 Å². The molecule has 0 saturated carbocycles. The van der Waals surface area contributed by atoms with Crippen molar-refractivity contribution in [3.8, 4) is 0 Å². The minimum Gasteiger partial charge on any atom is -0.392 e. The number of aliphatic hydroxyl groups is 1. The molecule has 0 atom stereocenters. The molecule has 1 amide bonds. The average molecular weight is 237 g/mol. The third-order valence-electron chi connectivity index (χ3n) is 2.41. The van der Waals surface area contributed by atoms with Crippen molar-refractivity contribution in [2.75, 3.05) is 24.5 Å². The van der Waals surface area contributed by atoms with E-state index in [2.05, 4.69) is 10.3 Å². The van der Waals surface area contributed by atoms with Crippen LogP contribution in [-0.4, -0.2) is 35.6 Å².